The summed E-state index contributed by atoms with van der Waals surface area (Å²) < 4.78 is 5.33. The van der Waals surface area contributed by atoms with Gasteiger partial charge in [-0.15, -0.1) is 0 Å². The fourth-order valence-electron chi connectivity index (χ4n) is 2.34. The molecule has 7 nitrogen and oxygen atoms in total. The molecule has 1 saturated heterocycles. The molecule has 1 atom stereocenters. The van der Waals surface area contributed by atoms with E-state index in [2.05, 4.69) is 29.3 Å². The molecule has 1 fully saturated rings. The van der Waals surface area contributed by atoms with E-state index in [1.54, 1.807) is 0 Å². The molecule has 0 saturated carbocycles. The molecule has 1 aromatic rings. The highest BCUT2D eigenvalue weighted by molar-refractivity contribution is 5.74. The van der Waals surface area contributed by atoms with E-state index in [4.69, 9.17) is 4.52 Å². The van der Waals surface area contributed by atoms with E-state index in [9.17, 15) is 4.79 Å². The lowest BCUT2D eigenvalue weighted by Crippen LogP contribution is -2.45. The number of amides is 2. The molecule has 2 amide bonds. The number of anilines is 1. The summed E-state index contributed by atoms with van der Waals surface area (Å²) in [5.74, 6) is 1.78. The van der Waals surface area contributed by atoms with E-state index < -0.39 is 0 Å². The van der Waals surface area contributed by atoms with Crippen molar-refractivity contribution in [2.75, 3.05) is 38.6 Å². The highest BCUT2D eigenvalue weighted by Crippen LogP contribution is 2.26. The standard InChI is InChI=1S/C14H25N5O2/c1-10(2)8-15-14(20)19-7-5-6-11(9-19)12-16-13(17-21-12)18(3)4/h10-11H,5-9H2,1-4H3,(H,15,20). The number of aromatic nitrogens is 2. The van der Waals surface area contributed by atoms with Gasteiger partial charge in [-0.25, -0.2) is 4.79 Å². The molecular weight excluding hydrogens is 270 g/mol. The molecule has 0 spiro atoms. The Morgan fingerprint density at radius 1 is 1.52 bits per heavy atom. The number of hydrogen-bond acceptors (Lipinski definition) is 5. The number of rotatable bonds is 4. The van der Waals surface area contributed by atoms with Gasteiger partial charge in [0.05, 0.1) is 5.92 Å². The van der Waals surface area contributed by atoms with E-state index in [1.807, 2.05) is 23.9 Å². The van der Waals surface area contributed by atoms with Gasteiger partial charge in [-0.2, -0.15) is 4.98 Å². The van der Waals surface area contributed by atoms with Gasteiger partial charge >= 0.3 is 6.03 Å². The zero-order chi connectivity index (χ0) is 15.4. The number of urea groups is 1. The van der Waals surface area contributed by atoms with Gasteiger partial charge in [0.1, 0.15) is 0 Å². The van der Waals surface area contributed by atoms with Crippen molar-refractivity contribution in [3.05, 3.63) is 5.89 Å². The zero-order valence-corrected chi connectivity index (χ0v) is 13.3. The highest BCUT2D eigenvalue weighted by Gasteiger charge is 2.28. The molecule has 7 heteroatoms. The Kier molecular flexibility index (Phi) is 5.03. The molecule has 0 aromatic carbocycles. The van der Waals surface area contributed by atoms with Gasteiger partial charge in [0, 0.05) is 33.7 Å². The van der Waals surface area contributed by atoms with Crippen molar-refractivity contribution in [2.24, 2.45) is 5.92 Å². The van der Waals surface area contributed by atoms with Crippen molar-refractivity contribution in [1.29, 1.82) is 0 Å². The van der Waals surface area contributed by atoms with Gasteiger partial charge in [-0.05, 0) is 23.9 Å². The van der Waals surface area contributed by atoms with Crippen molar-refractivity contribution in [3.8, 4) is 0 Å². The van der Waals surface area contributed by atoms with Crippen LogP contribution in [-0.4, -0.2) is 54.8 Å². The van der Waals surface area contributed by atoms with Gasteiger partial charge in [-0.3, -0.25) is 0 Å². The minimum Gasteiger partial charge on any atom is -0.344 e. The van der Waals surface area contributed by atoms with Crippen LogP contribution < -0.4 is 10.2 Å². The first-order chi connectivity index (χ1) is 9.97. The summed E-state index contributed by atoms with van der Waals surface area (Å²) in [4.78, 5) is 20.2. The molecule has 118 valence electrons. The Balaban J connectivity index is 1.95. The number of carbonyl (C=O) groups excluding carboxylic acids is 1. The first-order valence-corrected chi connectivity index (χ1v) is 7.51. The van der Waals surface area contributed by atoms with Gasteiger partial charge in [0.15, 0.2) is 0 Å². The van der Waals surface area contributed by atoms with E-state index in [0.717, 1.165) is 19.4 Å². The largest absolute Gasteiger partial charge is 0.344 e. The normalized spacial score (nSPS) is 18.9. The molecule has 1 N–H and O–H groups in total. The quantitative estimate of drug-likeness (QED) is 0.914. The Labute approximate surface area is 125 Å². The number of carbonyl (C=O) groups is 1. The SMILES string of the molecule is CC(C)CNC(=O)N1CCCC(c2nc(N(C)C)no2)C1. The number of hydrogen-bond donors (Lipinski definition) is 1. The maximum atomic E-state index is 12.1. The van der Waals surface area contributed by atoms with Crippen LogP contribution in [0.3, 0.4) is 0 Å². The van der Waals surface area contributed by atoms with Crippen LogP contribution in [0, 0.1) is 5.92 Å². The molecule has 1 aromatic heterocycles. The average Bonchev–Trinajstić information content (AvgIpc) is 2.95. The third-order valence-electron chi connectivity index (χ3n) is 3.55. The second kappa shape index (κ2) is 6.78. The van der Waals surface area contributed by atoms with Gasteiger partial charge in [0.2, 0.25) is 5.89 Å². The Bertz CT molecular complexity index is 472. The van der Waals surface area contributed by atoms with Crippen molar-refractivity contribution in [1.82, 2.24) is 20.4 Å². The maximum Gasteiger partial charge on any atom is 0.317 e. The topological polar surface area (TPSA) is 74.5 Å². The van der Waals surface area contributed by atoms with Crippen LogP contribution in [0.25, 0.3) is 0 Å². The van der Waals surface area contributed by atoms with Crippen molar-refractivity contribution < 1.29 is 9.32 Å². The lowest BCUT2D eigenvalue weighted by Gasteiger charge is -2.31. The zero-order valence-electron chi connectivity index (χ0n) is 13.3. The van der Waals surface area contributed by atoms with E-state index in [0.29, 0.717) is 30.8 Å². The number of likely N-dealkylation sites (tertiary alicyclic amines) is 1. The molecule has 21 heavy (non-hydrogen) atoms. The van der Waals surface area contributed by atoms with E-state index in [-0.39, 0.29) is 11.9 Å². The van der Waals surface area contributed by atoms with Crippen molar-refractivity contribution in [3.63, 3.8) is 0 Å². The molecule has 0 aliphatic carbocycles. The first kappa shape index (κ1) is 15.6. The Morgan fingerprint density at radius 2 is 2.29 bits per heavy atom. The second-order valence-electron chi connectivity index (χ2n) is 6.19. The molecule has 0 bridgehead atoms. The molecule has 0 radical (unpaired) electrons. The van der Waals surface area contributed by atoms with Crippen LogP contribution in [-0.2, 0) is 0 Å². The molecule has 2 heterocycles. The van der Waals surface area contributed by atoms with Crippen molar-refractivity contribution >= 4 is 12.0 Å². The molecule has 2 rings (SSSR count). The summed E-state index contributed by atoms with van der Waals surface area (Å²) in [5, 5.41) is 6.90. The smallest absolute Gasteiger partial charge is 0.317 e. The number of nitrogens with zero attached hydrogens (tertiary/aromatic N) is 4. The number of nitrogens with one attached hydrogen (secondary N) is 1. The van der Waals surface area contributed by atoms with Gasteiger partial charge in [0.25, 0.3) is 5.95 Å². The number of piperidine rings is 1. The van der Waals surface area contributed by atoms with Crippen LogP contribution >= 0.6 is 0 Å². The van der Waals surface area contributed by atoms with Crippen LogP contribution in [0.4, 0.5) is 10.7 Å². The monoisotopic (exact) mass is 295 g/mol. The summed E-state index contributed by atoms with van der Waals surface area (Å²) in [5.41, 5.74) is 0. The second-order valence-corrected chi connectivity index (χ2v) is 6.19. The average molecular weight is 295 g/mol. The summed E-state index contributed by atoms with van der Waals surface area (Å²) in [6.45, 7) is 6.29. The minimum absolute atomic E-state index is 0.000693. The predicted octanol–water partition coefficient (Wildman–Crippen LogP) is 1.68. The maximum absolute atomic E-state index is 12.1. The van der Waals surface area contributed by atoms with Gasteiger partial charge in [-0.1, -0.05) is 13.8 Å². The summed E-state index contributed by atoms with van der Waals surface area (Å²) >= 11 is 0. The molecule has 1 aliphatic heterocycles. The molecule has 1 aliphatic rings. The lowest BCUT2D eigenvalue weighted by atomic mass is 9.98. The minimum atomic E-state index is 0.000693. The predicted molar refractivity (Wildman–Crippen MR) is 80.4 cm³/mol. The molecular formula is C14H25N5O2. The lowest BCUT2D eigenvalue weighted by molar-refractivity contribution is 0.171. The fraction of sp³-hybridized carbons (Fsp3) is 0.786. The van der Waals surface area contributed by atoms with E-state index in [1.165, 1.54) is 0 Å². The summed E-state index contributed by atoms with van der Waals surface area (Å²) in [6, 6.07) is 0.000693. The van der Waals surface area contributed by atoms with Crippen LogP contribution in [0.2, 0.25) is 0 Å². The summed E-state index contributed by atoms with van der Waals surface area (Å²) in [7, 11) is 3.75. The van der Waals surface area contributed by atoms with Crippen LogP contribution in [0.15, 0.2) is 4.52 Å². The van der Waals surface area contributed by atoms with E-state index >= 15 is 0 Å². The Hall–Kier alpha value is -1.79. The third-order valence-corrected chi connectivity index (χ3v) is 3.55. The van der Waals surface area contributed by atoms with Crippen molar-refractivity contribution in [2.45, 2.75) is 32.6 Å². The fourth-order valence-corrected chi connectivity index (χ4v) is 2.34. The van der Waals surface area contributed by atoms with Crippen LogP contribution in [0.1, 0.15) is 38.5 Å². The molecule has 1 unspecified atom stereocenters. The first-order valence-electron chi connectivity index (χ1n) is 7.51. The summed E-state index contributed by atoms with van der Waals surface area (Å²) in [6.07, 6.45) is 1.93. The Morgan fingerprint density at radius 3 is 2.90 bits per heavy atom. The highest BCUT2D eigenvalue weighted by atomic mass is 16.5. The third kappa shape index (κ3) is 4.09. The van der Waals surface area contributed by atoms with Crippen LogP contribution in [0.5, 0.6) is 0 Å². The van der Waals surface area contributed by atoms with Gasteiger partial charge < -0.3 is 19.6 Å².